The molecule has 1 heterocycles. The molecular weight excluding hydrogens is 350 g/mol. The van der Waals surface area contributed by atoms with Crippen molar-refractivity contribution in [3.63, 3.8) is 0 Å². The number of aliphatic hydroxyl groups is 2. The molecule has 2 rings (SSSR count). The molecule has 1 aromatic rings. The zero-order valence-electron chi connectivity index (χ0n) is 16.1. The molecule has 0 bridgehead atoms. The Morgan fingerprint density at radius 2 is 1.24 bits per heavy atom. The van der Waals surface area contributed by atoms with Gasteiger partial charge in [-0.05, 0) is 33.8 Å². The molecule has 0 atom stereocenters. The maximum Gasteiger partial charge on any atom is 0.105 e. The number of hydrogen-bond donors (Lipinski definition) is 2. The Bertz CT molecular complexity index is 512. The summed E-state index contributed by atoms with van der Waals surface area (Å²) in [5.41, 5.74) is 5.77. The predicted octanol–water partition coefficient (Wildman–Crippen LogP) is 3.78. The van der Waals surface area contributed by atoms with Crippen LogP contribution in [0.5, 0.6) is 0 Å². The van der Waals surface area contributed by atoms with Gasteiger partial charge in [-0.2, -0.15) is 23.5 Å². The van der Waals surface area contributed by atoms with E-state index < -0.39 is 0 Å². The Hall–Kier alpha value is -0.200. The first-order chi connectivity index (χ1) is 11.9. The van der Waals surface area contributed by atoms with Gasteiger partial charge in [0, 0.05) is 22.6 Å². The SMILES string of the molecule is CC(C)SCc1cc2c(cc1CSC(C)C)C[N+](CCO)(CCO)C2. The van der Waals surface area contributed by atoms with Crippen LogP contribution >= 0.6 is 23.5 Å². The van der Waals surface area contributed by atoms with E-state index in [0.717, 1.165) is 42.2 Å². The number of hydrogen-bond acceptors (Lipinski definition) is 4. The minimum Gasteiger partial charge on any atom is -0.391 e. The smallest absolute Gasteiger partial charge is 0.105 e. The van der Waals surface area contributed by atoms with Crippen molar-refractivity contribution in [3.8, 4) is 0 Å². The molecule has 1 aliphatic rings. The molecule has 5 heteroatoms. The highest BCUT2D eigenvalue weighted by Gasteiger charge is 2.35. The highest BCUT2D eigenvalue weighted by atomic mass is 32.2. The van der Waals surface area contributed by atoms with Gasteiger partial charge in [0.2, 0.25) is 0 Å². The molecule has 0 fully saturated rings. The average Bonchev–Trinajstić information content (AvgIpc) is 2.87. The third-order valence-electron chi connectivity index (χ3n) is 4.83. The Kier molecular flexibility index (Phi) is 8.15. The topological polar surface area (TPSA) is 40.5 Å². The molecular formula is C20H34NO2S2+. The molecule has 1 aromatic carbocycles. The first-order valence-electron chi connectivity index (χ1n) is 9.32. The number of aliphatic hydroxyl groups excluding tert-OH is 2. The van der Waals surface area contributed by atoms with Gasteiger partial charge in [-0.15, -0.1) is 0 Å². The van der Waals surface area contributed by atoms with E-state index in [2.05, 4.69) is 39.8 Å². The van der Waals surface area contributed by atoms with E-state index in [0.29, 0.717) is 10.5 Å². The van der Waals surface area contributed by atoms with Crippen LogP contribution in [0.15, 0.2) is 12.1 Å². The monoisotopic (exact) mass is 384 g/mol. The third-order valence-corrected chi connectivity index (χ3v) is 7.12. The van der Waals surface area contributed by atoms with E-state index in [1.807, 2.05) is 23.5 Å². The van der Waals surface area contributed by atoms with Gasteiger partial charge >= 0.3 is 0 Å². The molecule has 25 heavy (non-hydrogen) atoms. The Labute approximate surface area is 161 Å². The van der Waals surface area contributed by atoms with Crippen LogP contribution in [0.2, 0.25) is 0 Å². The van der Waals surface area contributed by atoms with Crippen LogP contribution in [-0.2, 0) is 24.6 Å². The lowest BCUT2D eigenvalue weighted by atomic mass is 10.0. The summed E-state index contributed by atoms with van der Waals surface area (Å²) in [5.74, 6) is 2.14. The first-order valence-corrected chi connectivity index (χ1v) is 11.4. The molecule has 0 unspecified atom stereocenters. The molecule has 142 valence electrons. The molecule has 0 saturated heterocycles. The summed E-state index contributed by atoms with van der Waals surface area (Å²) in [5, 5.41) is 20.3. The summed E-state index contributed by atoms with van der Waals surface area (Å²) in [6, 6.07) is 4.82. The van der Waals surface area contributed by atoms with Gasteiger partial charge in [-0.1, -0.05) is 27.7 Å². The third kappa shape index (κ3) is 5.90. The van der Waals surface area contributed by atoms with Crippen LogP contribution in [0.25, 0.3) is 0 Å². The van der Waals surface area contributed by atoms with Crippen LogP contribution in [0.4, 0.5) is 0 Å². The normalized spacial score (nSPS) is 16.0. The summed E-state index contributed by atoms with van der Waals surface area (Å²) >= 11 is 4.01. The van der Waals surface area contributed by atoms with Crippen LogP contribution in [-0.4, -0.2) is 51.5 Å². The predicted molar refractivity (Wildman–Crippen MR) is 111 cm³/mol. The van der Waals surface area contributed by atoms with E-state index in [1.54, 1.807) is 0 Å². The molecule has 3 nitrogen and oxygen atoms in total. The minimum atomic E-state index is 0.181. The van der Waals surface area contributed by atoms with Gasteiger partial charge in [-0.25, -0.2) is 0 Å². The maximum atomic E-state index is 9.49. The quantitative estimate of drug-likeness (QED) is 0.602. The fraction of sp³-hybridized carbons (Fsp3) is 0.700. The van der Waals surface area contributed by atoms with E-state index in [9.17, 15) is 10.2 Å². The van der Waals surface area contributed by atoms with Crippen molar-refractivity contribution in [2.24, 2.45) is 0 Å². The Morgan fingerprint density at radius 3 is 1.56 bits per heavy atom. The van der Waals surface area contributed by atoms with Gasteiger partial charge in [0.15, 0.2) is 0 Å². The Morgan fingerprint density at radius 1 is 0.840 bits per heavy atom. The van der Waals surface area contributed by atoms with Crippen molar-refractivity contribution in [2.45, 2.75) is 62.8 Å². The second-order valence-electron chi connectivity index (χ2n) is 7.66. The number of benzene rings is 1. The summed E-state index contributed by atoms with van der Waals surface area (Å²) in [6.07, 6.45) is 0. The number of fused-ring (bicyclic) bond motifs is 1. The zero-order valence-corrected chi connectivity index (χ0v) is 17.8. The van der Waals surface area contributed by atoms with Crippen molar-refractivity contribution in [1.82, 2.24) is 0 Å². The van der Waals surface area contributed by atoms with Crippen molar-refractivity contribution in [2.75, 3.05) is 26.3 Å². The molecule has 1 aliphatic heterocycles. The van der Waals surface area contributed by atoms with Gasteiger partial charge in [0.05, 0.1) is 13.2 Å². The largest absolute Gasteiger partial charge is 0.391 e. The zero-order chi connectivity index (χ0) is 18.4. The van der Waals surface area contributed by atoms with Crippen molar-refractivity contribution in [3.05, 3.63) is 34.4 Å². The first kappa shape index (κ1) is 21.1. The molecule has 0 saturated carbocycles. The standard InChI is InChI=1S/C20H34NO2S2/c1-15(2)24-13-19-9-17-11-21(5-7-22,6-8-23)12-18(17)10-20(19)14-25-16(3)4/h9-10,15-16,22-23H,5-8,11-14H2,1-4H3/q+1. The number of thioether (sulfide) groups is 2. The summed E-state index contributed by atoms with van der Waals surface area (Å²) in [6.45, 7) is 12.7. The molecule has 0 radical (unpaired) electrons. The lowest BCUT2D eigenvalue weighted by Gasteiger charge is -2.32. The van der Waals surface area contributed by atoms with E-state index in [1.165, 1.54) is 22.3 Å². The van der Waals surface area contributed by atoms with E-state index >= 15 is 0 Å². The van der Waals surface area contributed by atoms with Crippen molar-refractivity contribution >= 4 is 23.5 Å². The van der Waals surface area contributed by atoms with Crippen LogP contribution in [0.3, 0.4) is 0 Å². The van der Waals surface area contributed by atoms with Gasteiger partial charge in [-0.3, -0.25) is 0 Å². The fourth-order valence-electron chi connectivity index (χ4n) is 3.50. The minimum absolute atomic E-state index is 0.181. The number of rotatable bonds is 10. The number of nitrogens with zero attached hydrogens (tertiary/aromatic N) is 1. The highest BCUT2D eigenvalue weighted by molar-refractivity contribution is 7.99. The van der Waals surface area contributed by atoms with Gasteiger partial charge in [0.25, 0.3) is 0 Å². The molecule has 0 spiro atoms. The second-order valence-corrected chi connectivity index (χ2v) is 10.8. The van der Waals surface area contributed by atoms with Crippen LogP contribution in [0.1, 0.15) is 49.9 Å². The molecule has 2 N–H and O–H groups in total. The summed E-state index contributed by atoms with van der Waals surface area (Å²) < 4.78 is 0.792. The number of quaternary nitrogens is 1. The van der Waals surface area contributed by atoms with E-state index in [4.69, 9.17) is 0 Å². The van der Waals surface area contributed by atoms with Gasteiger partial charge in [0.1, 0.15) is 26.2 Å². The van der Waals surface area contributed by atoms with Crippen LogP contribution < -0.4 is 0 Å². The van der Waals surface area contributed by atoms with Crippen molar-refractivity contribution < 1.29 is 14.7 Å². The average molecular weight is 385 g/mol. The molecule has 0 aliphatic carbocycles. The highest BCUT2D eigenvalue weighted by Crippen LogP contribution is 2.35. The Balaban J connectivity index is 2.27. The summed E-state index contributed by atoms with van der Waals surface area (Å²) in [4.78, 5) is 0. The van der Waals surface area contributed by atoms with Crippen molar-refractivity contribution in [1.29, 1.82) is 0 Å². The van der Waals surface area contributed by atoms with Crippen LogP contribution in [0, 0.1) is 0 Å². The molecule has 0 amide bonds. The lowest BCUT2D eigenvalue weighted by molar-refractivity contribution is -0.947. The maximum absolute atomic E-state index is 9.49. The van der Waals surface area contributed by atoms with Gasteiger partial charge < -0.3 is 14.7 Å². The molecule has 0 aromatic heterocycles. The van der Waals surface area contributed by atoms with E-state index in [-0.39, 0.29) is 13.2 Å². The lowest BCUT2D eigenvalue weighted by Crippen LogP contribution is -2.46. The fourth-order valence-corrected chi connectivity index (χ4v) is 5.06. The second kappa shape index (κ2) is 9.65. The summed E-state index contributed by atoms with van der Waals surface area (Å²) in [7, 11) is 0.